The molecule has 6 heteroatoms. The van der Waals surface area contributed by atoms with E-state index in [2.05, 4.69) is 13.8 Å². The Kier molecular flexibility index (Phi) is 4.28. The number of hydrogen-bond acceptors (Lipinski definition) is 3. The highest BCUT2D eigenvalue weighted by Crippen LogP contribution is 2.27. The van der Waals surface area contributed by atoms with Crippen LogP contribution in [0.3, 0.4) is 0 Å². The van der Waals surface area contributed by atoms with Gasteiger partial charge in [-0.2, -0.15) is 0 Å². The lowest BCUT2D eigenvalue weighted by molar-refractivity contribution is -0.384. The lowest BCUT2D eigenvalue weighted by Crippen LogP contribution is -2.42. The molecule has 1 aliphatic rings. The van der Waals surface area contributed by atoms with Crippen LogP contribution in [0.4, 0.5) is 5.69 Å². The summed E-state index contributed by atoms with van der Waals surface area (Å²) in [4.78, 5) is 24.4. The normalized spacial score (nSPS) is 22.6. The number of nitro groups is 1. The predicted molar refractivity (Wildman–Crippen MR) is 77.0 cm³/mol. The fourth-order valence-corrected chi connectivity index (χ4v) is 3.05. The van der Waals surface area contributed by atoms with Crippen molar-refractivity contribution in [2.75, 3.05) is 13.1 Å². The second-order valence-electron chi connectivity index (χ2n) is 5.58. The lowest BCUT2D eigenvalue weighted by Gasteiger charge is -2.35. The number of likely N-dealkylation sites (tertiary alicyclic amines) is 1. The molecule has 1 aliphatic heterocycles. The van der Waals surface area contributed by atoms with Crippen molar-refractivity contribution in [2.24, 2.45) is 11.8 Å². The number of carbonyl (C=O) groups excluding carboxylic acids is 1. The number of amides is 1. The molecule has 0 spiro atoms. The molecule has 2 unspecified atom stereocenters. The van der Waals surface area contributed by atoms with E-state index < -0.39 is 4.92 Å². The van der Waals surface area contributed by atoms with Crippen LogP contribution in [0.5, 0.6) is 0 Å². The Morgan fingerprint density at radius 1 is 1.35 bits per heavy atom. The number of piperidine rings is 1. The average Bonchev–Trinajstić information content (AvgIpc) is 2.36. The van der Waals surface area contributed by atoms with E-state index in [-0.39, 0.29) is 16.6 Å². The van der Waals surface area contributed by atoms with Crippen molar-refractivity contribution in [1.29, 1.82) is 0 Å². The van der Waals surface area contributed by atoms with Crippen molar-refractivity contribution >= 4 is 23.2 Å². The van der Waals surface area contributed by atoms with Gasteiger partial charge in [0, 0.05) is 24.7 Å². The van der Waals surface area contributed by atoms with Crippen molar-refractivity contribution in [3.05, 3.63) is 38.9 Å². The van der Waals surface area contributed by atoms with Crippen LogP contribution in [0.2, 0.25) is 5.02 Å². The number of nitro benzene ring substituents is 1. The molecule has 0 radical (unpaired) electrons. The summed E-state index contributed by atoms with van der Waals surface area (Å²) in [5.74, 6) is 0.827. The van der Waals surface area contributed by atoms with E-state index in [9.17, 15) is 14.9 Å². The Morgan fingerprint density at radius 3 is 2.45 bits per heavy atom. The Labute approximate surface area is 122 Å². The first-order chi connectivity index (χ1) is 9.38. The van der Waals surface area contributed by atoms with E-state index >= 15 is 0 Å². The van der Waals surface area contributed by atoms with Crippen LogP contribution in [-0.2, 0) is 0 Å². The van der Waals surface area contributed by atoms with Gasteiger partial charge in [-0.25, -0.2) is 0 Å². The van der Waals surface area contributed by atoms with Gasteiger partial charge in [-0.15, -0.1) is 0 Å². The van der Waals surface area contributed by atoms with Gasteiger partial charge in [-0.1, -0.05) is 25.4 Å². The van der Waals surface area contributed by atoms with Crippen LogP contribution in [0, 0.1) is 22.0 Å². The van der Waals surface area contributed by atoms with Gasteiger partial charge in [0.15, 0.2) is 0 Å². The maximum absolute atomic E-state index is 12.4. The molecular formula is C14H17ClN2O3. The van der Waals surface area contributed by atoms with E-state index in [0.29, 0.717) is 17.4 Å². The van der Waals surface area contributed by atoms with Gasteiger partial charge in [-0.05, 0) is 30.4 Å². The largest absolute Gasteiger partial charge is 0.338 e. The SMILES string of the molecule is CC1CC(C)CN(C(=O)c2ccc([N+](=O)[O-])c(Cl)c2)C1. The van der Waals surface area contributed by atoms with Crippen molar-refractivity contribution in [3.63, 3.8) is 0 Å². The van der Waals surface area contributed by atoms with E-state index in [1.807, 2.05) is 0 Å². The summed E-state index contributed by atoms with van der Waals surface area (Å²) in [6, 6.07) is 4.13. The highest BCUT2D eigenvalue weighted by atomic mass is 35.5. The molecule has 0 N–H and O–H groups in total. The molecule has 108 valence electrons. The number of nitrogens with zero attached hydrogens (tertiary/aromatic N) is 2. The molecule has 1 heterocycles. The van der Waals surface area contributed by atoms with Crippen LogP contribution in [0.15, 0.2) is 18.2 Å². The smallest absolute Gasteiger partial charge is 0.287 e. The van der Waals surface area contributed by atoms with Crippen LogP contribution in [0.1, 0.15) is 30.6 Å². The van der Waals surface area contributed by atoms with E-state index in [1.165, 1.54) is 18.2 Å². The van der Waals surface area contributed by atoms with Gasteiger partial charge < -0.3 is 4.90 Å². The fraction of sp³-hybridized carbons (Fsp3) is 0.500. The van der Waals surface area contributed by atoms with Crippen molar-refractivity contribution in [3.8, 4) is 0 Å². The number of hydrogen-bond donors (Lipinski definition) is 0. The summed E-state index contributed by atoms with van der Waals surface area (Å²) in [6.07, 6.45) is 1.12. The molecule has 5 nitrogen and oxygen atoms in total. The summed E-state index contributed by atoms with van der Waals surface area (Å²) in [5.41, 5.74) is 0.227. The second kappa shape index (κ2) is 5.79. The molecule has 1 aromatic rings. The first kappa shape index (κ1) is 14.8. The average molecular weight is 297 g/mol. The first-order valence-corrected chi connectivity index (χ1v) is 6.99. The number of rotatable bonds is 2. The lowest BCUT2D eigenvalue weighted by atomic mass is 9.91. The third-order valence-electron chi connectivity index (χ3n) is 3.55. The first-order valence-electron chi connectivity index (χ1n) is 6.61. The van der Waals surface area contributed by atoms with Crippen molar-refractivity contribution < 1.29 is 9.72 Å². The van der Waals surface area contributed by atoms with Crippen LogP contribution in [-0.4, -0.2) is 28.8 Å². The molecule has 0 aliphatic carbocycles. The van der Waals surface area contributed by atoms with E-state index in [0.717, 1.165) is 19.5 Å². The Hall–Kier alpha value is -1.62. The second-order valence-corrected chi connectivity index (χ2v) is 5.99. The number of halogens is 1. The van der Waals surface area contributed by atoms with Gasteiger partial charge in [0.2, 0.25) is 0 Å². The summed E-state index contributed by atoms with van der Waals surface area (Å²) in [7, 11) is 0. The van der Waals surface area contributed by atoms with Gasteiger partial charge in [0.1, 0.15) is 5.02 Å². The molecular weight excluding hydrogens is 280 g/mol. The monoisotopic (exact) mass is 296 g/mol. The third kappa shape index (κ3) is 3.10. The molecule has 1 saturated heterocycles. The van der Waals surface area contributed by atoms with Crippen LogP contribution < -0.4 is 0 Å². The zero-order valence-electron chi connectivity index (χ0n) is 11.5. The Balaban J connectivity index is 2.21. The minimum Gasteiger partial charge on any atom is -0.338 e. The highest BCUT2D eigenvalue weighted by molar-refractivity contribution is 6.33. The maximum Gasteiger partial charge on any atom is 0.287 e. The zero-order chi connectivity index (χ0) is 14.9. The molecule has 0 saturated carbocycles. The highest BCUT2D eigenvalue weighted by Gasteiger charge is 2.27. The van der Waals surface area contributed by atoms with Crippen LogP contribution >= 0.6 is 11.6 Å². The molecule has 1 amide bonds. The molecule has 20 heavy (non-hydrogen) atoms. The van der Waals surface area contributed by atoms with Crippen LogP contribution in [0.25, 0.3) is 0 Å². The topological polar surface area (TPSA) is 63.5 Å². The molecule has 0 aromatic heterocycles. The van der Waals surface area contributed by atoms with Gasteiger partial charge >= 0.3 is 0 Å². The summed E-state index contributed by atoms with van der Waals surface area (Å²) >= 11 is 5.85. The molecule has 0 bridgehead atoms. The Bertz CT molecular complexity index is 537. The maximum atomic E-state index is 12.4. The number of carbonyl (C=O) groups is 1. The van der Waals surface area contributed by atoms with Gasteiger partial charge in [0.25, 0.3) is 11.6 Å². The molecule has 1 fully saturated rings. The Morgan fingerprint density at radius 2 is 1.95 bits per heavy atom. The van der Waals surface area contributed by atoms with E-state index in [1.54, 1.807) is 4.90 Å². The summed E-state index contributed by atoms with van der Waals surface area (Å²) in [5, 5.41) is 10.7. The molecule has 1 aromatic carbocycles. The minimum atomic E-state index is -0.554. The summed E-state index contributed by atoms with van der Waals surface area (Å²) in [6.45, 7) is 5.69. The molecule has 2 rings (SSSR count). The van der Waals surface area contributed by atoms with Gasteiger partial charge in [0.05, 0.1) is 4.92 Å². The van der Waals surface area contributed by atoms with Crippen molar-refractivity contribution in [1.82, 2.24) is 4.90 Å². The fourth-order valence-electron chi connectivity index (χ4n) is 2.80. The minimum absolute atomic E-state index is 0.000966. The third-order valence-corrected chi connectivity index (χ3v) is 3.85. The van der Waals surface area contributed by atoms with E-state index in [4.69, 9.17) is 11.6 Å². The quantitative estimate of drug-likeness (QED) is 0.621. The predicted octanol–water partition coefficient (Wildman–Crippen LogP) is 3.37. The van der Waals surface area contributed by atoms with Gasteiger partial charge in [-0.3, -0.25) is 14.9 Å². The molecule has 2 atom stereocenters. The zero-order valence-corrected chi connectivity index (χ0v) is 12.3. The standard InChI is InChI=1S/C14H17ClN2O3/c1-9-5-10(2)8-16(7-9)14(18)11-3-4-13(17(19)20)12(15)6-11/h3-4,6,9-10H,5,7-8H2,1-2H3. The summed E-state index contributed by atoms with van der Waals surface area (Å²) < 4.78 is 0. The van der Waals surface area contributed by atoms with Crippen molar-refractivity contribution in [2.45, 2.75) is 20.3 Å². The number of benzene rings is 1.